The van der Waals surface area contributed by atoms with Crippen LogP contribution in [-0.2, 0) is 29.6 Å². The number of hydrogen-bond acceptors (Lipinski definition) is 6. The van der Waals surface area contributed by atoms with Crippen LogP contribution in [0.4, 0.5) is 0 Å². The average Bonchev–Trinajstić information content (AvgIpc) is 2.74. The van der Waals surface area contributed by atoms with Gasteiger partial charge in [-0.25, -0.2) is 9.59 Å². The van der Waals surface area contributed by atoms with Gasteiger partial charge in [0, 0.05) is 19.8 Å². The molecule has 1 atom stereocenters. The normalized spacial score (nSPS) is 14.3. The molecule has 1 aromatic rings. The Morgan fingerprint density at radius 1 is 0.966 bits per heavy atom. The number of carbonyl (C=O) groups is 2. The molecular weight excluding hydrogens is 376 g/mol. The standard InChI is InChI=1S/C22H34O7/c1-6-9-13-16-20(7-2,8-3)29-19(25)21(26,18(23)24)22(27-4,28-5)17-14-11-10-12-15-17/h10-12,14-15,26H,6-9,13,16H2,1-5H3,(H,23,24). The van der Waals surface area contributed by atoms with Crippen molar-refractivity contribution in [2.45, 2.75) is 76.3 Å². The van der Waals surface area contributed by atoms with E-state index in [1.165, 1.54) is 26.4 Å². The summed E-state index contributed by atoms with van der Waals surface area (Å²) in [4.78, 5) is 25.4. The minimum absolute atomic E-state index is 0.177. The molecule has 0 heterocycles. The Bertz CT molecular complexity index is 650. The first-order valence-corrected chi connectivity index (χ1v) is 10.1. The highest BCUT2D eigenvalue weighted by molar-refractivity contribution is 6.04. The van der Waals surface area contributed by atoms with Crippen LogP contribution in [0.1, 0.15) is 64.9 Å². The maximum atomic E-state index is 13.2. The van der Waals surface area contributed by atoms with E-state index in [1.807, 2.05) is 13.8 Å². The number of hydrogen-bond donors (Lipinski definition) is 2. The van der Waals surface area contributed by atoms with Gasteiger partial charge in [0.05, 0.1) is 0 Å². The molecule has 1 aromatic carbocycles. The topological polar surface area (TPSA) is 102 Å². The molecule has 7 nitrogen and oxygen atoms in total. The summed E-state index contributed by atoms with van der Waals surface area (Å²) < 4.78 is 16.4. The molecule has 1 rings (SSSR count). The fourth-order valence-corrected chi connectivity index (χ4v) is 3.61. The number of carboxylic acid groups (broad SMARTS) is 1. The minimum Gasteiger partial charge on any atom is -0.478 e. The Morgan fingerprint density at radius 2 is 1.52 bits per heavy atom. The summed E-state index contributed by atoms with van der Waals surface area (Å²) in [5.74, 6) is -5.41. The number of carboxylic acids is 1. The minimum atomic E-state index is -3.11. The Labute approximate surface area is 173 Å². The smallest absolute Gasteiger partial charge is 0.356 e. The Balaban J connectivity index is 3.43. The van der Waals surface area contributed by atoms with E-state index in [0.717, 1.165) is 19.3 Å². The van der Waals surface area contributed by atoms with Crippen molar-refractivity contribution in [2.75, 3.05) is 14.2 Å². The van der Waals surface area contributed by atoms with Crippen LogP contribution in [-0.4, -0.2) is 47.6 Å². The molecule has 0 spiro atoms. The molecule has 1 unspecified atom stereocenters. The zero-order chi connectivity index (χ0) is 22.1. The average molecular weight is 411 g/mol. The molecule has 0 radical (unpaired) electrons. The second-order valence-corrected chi connectivity index (χ2v) is 7.14. The van der Waals surface area contributed by atoms with Crippen molar-refractivity contribution in [1.82, 2.24) is 0 Å². The van der Waals surface area contributed by atoms with Gasteiger partial charge in [0.2, 0.25) is 5.79 Å². The van der Waals surface area contributed by atoms with E-state index < -0.39 is 28.9 Å². The molecule has 0 fully saturated rings. The molecular formula is C22H34O7. The Morgan fingerprint density at radius 3 is 1.93 bits per heavy atom. The molecule has 29 heavy (non-hydrogen) atoms. The first-order chi connectivity index (χ1) is 13.7. The number of esters is 1. The largest absolute Gasteiger partial charge is 0.478 e. The summed E-state index contributed by atoms with van der Waals surface area (Å²) in [6.07, 6.45) is 4.36. The van der Waals surface area contributed by atoms with E-state index in [1.54, 1.807) is 18.2 Å². The number of rotatable bonds is 13. The van der Waals surface area contributed by atoms with E-state index >= 15 is 0 Å². The highest BCUT2D eigenvalue weighted by Gasteiger charge is 2.66. The van der Waals surface area contributed by atoms with Gasteiger partial charge in [-0.15, -0.1) is 0 Å². The fraction of sp³-hybridized carbons (Fsp3) is 0.636. The van der Waals surface area contributed by atoms with Gasteiger partial charge in [-0.3, -0.25) is 0 Å². The molecule has 0 bridgehead atoms. The summed E-state index contributed by atoms with van der Waals surface area (Å²) in [6.45, 7) is 5.82. The molecule has 0 aliphatic rings. The number of carbonyl (C=O) groups excluding carboxylic acids is 1. The van der Waals surface area contributed by atoms with Gasteiger partial charge >= 0.3 is 17.5 Å². The predicted molar refractivity (Wildman–Crippen MR) is 108 cm³/mol. The second-order valence-electron chi connectivity index (χ2n) is 7.14. The van der Waals surface area contributed by atoms with Crippen LogP contribution >= 0.6 is 0 Å². The number of ether oxygens (including phenoxy) is 3. The maximum Gasteiger partial charge on any atom is 0.356 e. The number of unbranched alkanes of at least 4 members (excludes halogenated alkanes) is 2. The highest BCUT2D eigenvalue weighted by atomic mass is 16.7. The van der Waals surface area contributed by atoms with Gasteiger partial charge in [0.1, 0.15) is 5.60 Å². The van der Waals surface area contributed by atoms with Crippen molar-refractivity contribution in [1.29, 1.82) is 0 Å². The van der Waals surface area contributed by atoms with E-state index in [-0.39, 0.29) is 5.56 Å². The lowest BCUT2D eigenvalue weighted by molar-refractivity contribution is -0.306. The van der Waals surface area contributed by atoms with E-state index in [4.69, 9.17) is 14.2 Å². The third-order valence-electron chi connectivity index (χ3n) is 5.64. The fourth-order valence-electron chi connectivity index (χ4n) is 3.61. The van der Waals surface area contributed by atoms with E-state index in [9.17, 15) is 19.8 Å². The van der Waals surface area contributed by atoms with Crippen LogP contribution in [0.15, 0.2) is 30.3 Å². The van der Waals surface area contributed by atoms with Gasteiger partial charge in [0.25, 0.3) is 0 Å². The van der Waals surface area contributed by atoms with Gasteiger partial charge in [-0.2, -0.15) is 0 Å². The number of aliphatic carboxylic acids is 1. The van der Waals surface area contributed by atoms with Crippen molar-refractivity contribution in [3.63, 3.8) is 0 Å². The number of methoxy groups -OCH3 is 2. The van der Waals surface area contributed by atoms with E-state index in [2.05, 4.69) is 6.92 Å². The first kappa shape index (κ1) is 25.1. The lowest BCUT2D eigenvalue weighted by atomic mass is 9.85. The van der Waals surface area contributed by atoms with Crippen molar-refractivity contribution >= 4 is 11.9 Å². The van der Waals surface area contributed by atoms with Crippen LogP contribution < -0.4 is 0 Å². The molecule has 0 saturated heterocycles. The van der Waals surface area contributed by atoms with Crippen molar-refractivity contribution in [2.24, 2.45) is 0 Å². The lowest BCUT2D eigenvalue weighted by Gasteiger charge is -2.42. The van der Waals surface area contributed by atoms with Crippen molar-refractivity contribution in [3.05, 3.63) is 35.9 Å². The zero-order valence-electron chi connectivity index (χ0n) is 18.1. The Hall–Kier alpha value is -1.96. The SMILES string of the molecule is CCCCCC(CC)(CC)OC(=O)C(O)(C(=O)O)C(OC)(OC)c1ccccc1. The van der Waals surface area contributed by atoms with Crippen LogP contribution in [0, 0.1) is 0 Å². The van der Waals surface area contributed by atoms with Crippen molar-refractivity contribution < 1.29 is 34.0 Å². The third-order valence-corrected chi connectivity index (χ3v) is 5.64. The zero-order valence-corrected chi connectivity index (χ0v) is 18.1. The molecule has 0 aliphatic carbocycles. The molecule has 2 N–H and O–H groups in total. The third kappa shape index (κ3) is 4.79. The van der Waals surface area contributed by atoms with Crippen LogP contribution in [0.5, 0.6) is 0 Å². The summed E-state index contributed by atoms with van der Waals surface area (Å²) in [6, 6.07) is 8.00. The van der Waals surface area contributed by atoms with Gasteiger partial charge in [-0.1, -0.05) is 63.9 Å². The maximum absolute atomic E-state index is 13.2. The van der Waals surface area contributed by atoms with Gasteiger partial charge in [-0.05, 0) is 25.7 Å². The van der Waals surface area contributed by atoms with Gasteiger partial charge in [0.15, 0.2) is 0 Å². The van der Waals surface area contributed by atoms with Gasteiger partial charge < -0.3 is 24.4 Å². The quantitative estimate of drug-likeness (QED) is 0.222. The van der Waals surface area contributed by atoms with E-state index in [0.29, 0.717) is 19.3 Å². The summed E-state index contributed by atoms with van der Waals surface area (Å²) in [5, 5.41) is 21.1. The summed E-state index contributed by atoms with van der Waals surface area (Å²) in [5.41, 5.74) is -3.81. The molecule has 0 aromatic heterocycles. The molecule has 0 aliphatic heterocycles. The molecule has 0 saturated carbocycles. The number of benzene rings is 1. The summed E-state index contributed by atoms with van der Waals surface area (Å²) in [7, 11) is 2.34. The molecule has 7 heteroatoms. The van der Waals surface area contributed by atoms with Crippen LogP contribution in [0.3, 0.4) is 0 Å². The monoisotopic (exact) mass is 410 g/mol. The predicted octanol–water partition coefficient (Wildman–Crippen LogP) is 3.63. The summed E-state index contributed by atoms with van der Waals surface area (Å²) >= 11 is 0. The van der Waals surface area contributed by atoms with Crippen LogP contribution in [0.2, 0.25) is 0 Å². The molecule has 0 amide bonds. The Kier molecular flexibility index (Phi) is 9.26. The highest BCUT2D eigenvalue weighted by Crippen LogP contribution is 2.40. The first-order valence-electron chi connectivity index (χ1n) is 10.1. The second kappa shape index (κ2) is 10.7. The number of aliphatic hydroxyl groups is 1. The van der Waals surface area contributed by atoms with Crippen LogP contribution in [0.25, 0.3) is 0 Å². The molecule has 164 valence electrons. The lowest BCUT2D eigenvalue weighted by Crippen LogP contribution is -2.65. The van der Waals surface area contributed by atoms with Crippen molar-refractivity contribution in [3.8, 4) is 0 Å².